The van der Waals surface area contributed by atoms with Crippen LogP contribution in [0.15, 0.2) is 36.4 Å². The number of hydrogen-bond donors (Lipinski definition) is 0. The predicted molar refractivity (Wildman–Crippen MR) is 156 cm³/mol. The zero-order valence-corrected chi connectivity index (χ0v) is 23.5. The second-order valence-corrected chi connectivity index (χ2v) is 13.0. The fourth-order valence-corrected chi connectivity index (χ4v) is 7.81. The van der Waals surface area contributed by atoms with Crippen molar-refractivity contribution in [3.8, 4) is 0 Å². The van der Waals surface area contributed by atoms with Crippen molar-refractivity contribution in [3.05, 3.63) is 78.3 Å². The molecule has 2 heterocycles. The molecule has 0 amide bonds. The average molecular weight is 578 g/mol. The summed E-state index contributed by atoms with van der Waals surface area (Å²) >= 11 is 25.1. The molecule has 188 valence electrons. The Morgan fingerprint density at radius 3 is 1.21 bits per heavy atom. The van der Waals surface area contributed by atoms with Crippen LogP contribution in [0.5, 0.6) is 0 Å². The number of fused-ring (bicyclic) bond motifs is 5. The minimum atomic E-state index is -0.0668. The largest absolute Gasteiger partial charge is 0.245 e. The van der Waals surface area contributed by atoms with Gasteiger partial charge in [0.05, 0.1) is 63.9 Å². The van der Waals surface area contributed by atoms with Crippen LogP contribution in [0.4, 0.5) is 0 Å². The normalized spacial score (nSPS) is 27.1. The van der Waals surface area contributed by atoms with Crippen molar-refractivity contribution in [3.63, 3.8) is 0 Å². The molecule has 8 heteroatoms. The van der Waals surface area contributed by atoms with E-state index in [0.29, 0.717) is 20.1 Å². The van der Waals surface area contributed by atoms with Gasteiger partial charge in [0, 0.05) is 0 Å². The molecule has 4 aliphatic rings. The quantitative estimate of drug-likeness (QED) is 0.183. The first-order valence-corrected chi connectivity index (χ1v) is 14.1. The van der Waals surface area contributed by atoms with Crippen molar-refractivity contribution in [2.24, 2.45) is 11.8 Å². The molecule has 2 bridgehead atoms. The van der Waals surface area contributed by atoms with Gasteiger partial charge in [-0.25, -0.2) is 19.9 Å². The fraction of sp³-hybridized carbons (Fsp3) is 0.267. The molecule has 4 unspecified atom stereocenters. The SMILES string of the molecule is CC12CCC(C)(c3cc4nc5cc(Cl)c(Cl)cc5nc4cc31)C1C=c3nc4cc(Cl)c(Cl)cc4nc3=CC12. The van der Waals surface area contributed by atoms with E-state index in [1.165, 1.54) is 11.1 Å². The molecule has 4 nitrogen and oxygen atoms in total. The van der Waals surface area contributed by atoms with Crippen molar-refractivity contribution >= 4 is 91.7 Å². The monoisotopic (exact) mass is 576 g/mol. The van der Waals surface area contributed by atoms with Gasteiger partial charge in [-0.15, -0.1) is 0 Å². The molecule has 3 aromatic carbocycles. The number of aromatic nitrogens is 4. The van der Waals surface area contributed by atoms with Crippen LogP contribution in [0.1, 0.15) is 37.8 Å². The van der Waals surface area contributed by atoms with Gasteiger partial charge in [-0.2, -0.15) is 0 Å². The summed E-state index contributed by atoms with van der Waals surface area (Å²) < 4.78 is 0. The summed E-state index contributed by atoms with van der Waals surface area (Å²) in [5, 5.41) is 3.76. The lowest BCUT2D eigenvalue weighted by molar-refractivity contribution is 0.101. The molecule has 5 aromatic rings. The smallest absolute Gasteiger partial charge is 0.0910 e. The maximum Gasteiger partial charge on any atom is 0.0910 e. The Balaban J connectivity index is 1.38. The van der Waals surface area contributed by atoms with Gasteiger partial charge >= 0.3 is 0 Å². The van der Waals surface area contributed by atoms with E-state index in [4.69, 9.17) is 66.3 Å². The van der Waals surface area contributed by atoms with Crippen LogP contribution in [0.3, 0.4) is 0 Å². The molecule has 0 saturated heterocycles. The van der Waals surface area contributed by atoms with Gasteiger partial charge in [0.1, 0.15) is 0 Å². The number of nitrogens with zero attached hydrogens (tertiary/aromatic N) is 4. The fourth-order valence-electron chi connectivity index (χ4n) is 7.18. The van der Waals surface area contributed by atoms with Crippen LogP contribution in [0, 0.1) is 11.8 Å². The van der Waals surface area contributed by atoms with Gasteiger partial charge in [0.25, 0.3) is 0 Å². The number of hydrogen-bond acceptors (Lipinski definition) is 4. The van der Waals surface area contributed by atoms with Crippen LogP contribution in [0.25, 0.3) is 45.3 Å². The first-order valence-electron chi connectivity index (χ1n) is 12.6. The van der Waals surface area contributed by atoms with Crippen LogP contribution < -0.4 is 10.7 Å². The van der Waals surface area contributed by atoms with E-state index in [2.05, 4.69) is 38.1 Å². The lowest BCUT2D eigenvalue weighted by atomic mass is 9.43. The third-order valence-electron chi connectivity index (χ3n) is 9.30. The molecule has 0 N–H and O–H groups in total. The summed E-state index contributed by atoms with van der Waals surface area (Å²) in [6.45, 7) is 4.78. The molecule has 4 aliphatic carbocycles. The first kappa shape index (κ1) is 23.4. The molecule has 0 spiro atoms. The van der Waals surface area contributed by atoms with E-state index in [1.54, 1.807) is 24.3 Å². The van der Waals surface area contributed by atoms with Gasteiger partial charge in [-0.3, -0.25) is 0 Å². The third kappa shape index (κ3) is 3.01. The molecule has 38 heavy (non-hydrogen) atoms. The van der Waals surface area contributed by atoms with Gasteiger partial charge < -0.3 is 0 Å². The average Bonchev–Trinajstić information content (AvgIpc) is 2.88. The van der Waals surface area contributed by atoms with Crippen molar-refractivity contribution in [1.82, 2.24) is 19.9 Å². The maximum absolute atomic E-state index is 6.29. The minimum Gasteiger partial charge on any atom is -0.245 e. The summed E-state index contributed by atoms with van der Waals surface area (Å²) in [6.07, 6.45) is 6.86. The molecular weight excluding hydrogens is 558 g/mol. The zero-order chi connectivity index (χ0) is 26.1. The molecule has 1 saturated carbocycles. The number of rotatable bonds is 0. The highest BCUT2D eigenvalue weighted by Gasteiger charge is 2.58. The second kappa shape index (κ2) is 7.57. The molecule has 0 radical (unpaired) electrons. The Kier molecular flexibility index (Phi) is 4.66. The predicted octanol–water partition coefficient (Wildman–Crippen LogP) is 7.17. The summed E-state index contributed by atoms with van der Waals surface area (Å²) in [4.78, 5) is 19.8. The lowest BCUT2D eigenvalue weighted by Gasteiger charge is -2.60. The van der Waals surface area contributed by atoms with Crippen LogP contribution in [-0.4, -0.2) is 19.9 Å². The second-order valence-electron chi connectivity index (χ2n) is 11.3. The van der Waals surface area contributed by atoms with Crippen molar-refractivity contribution in [2.75, 3.05) is 0 Å². The van der Waals surface area contributed by atoms with E-state index in [1.807, 2.05) is 0 Å². The van der Waals surface area contributed by atoms with Gasteiger partial charge in [0.15, 0.2) is 0 Å². The van der Waals surface area contributed by atoms with Gasteiger partial charge in [0.2, 0.25) is 0 Å². The van der Waals surface area contributed by atoms with E-state index in [9.17, 15) is 0 Å². The van der Waals surface area contributed by atoms with E-state index < -0.39 is 0 Å². The number of halogens is 4. The molecule has 1 fully saturated rings. The highest BCUT2D eigenvalue weighted by Crippen LogP contribution is 2.63. The maximum atomic E-state index is 6.29. The molecule has 9 rings (SSSR count). The Morgan fingerprint density at radius 2 is 0.842 bits per heavy atom. The summed E-state index contributed by atoms with van der Waals surface area (Å²) in [5.41, 5.74) is 7.32. The molecule has 4 atom stereocenters. The molecule has 2 aromatic heterocycles. The highest BCUT2D eigenvalue weighted by atomic mass is 35.5. The van der Waals surface area contributed by atoms with Crippen LogP contribution in [-0.2, 0) is 10.8 Å². The Morgan fingerprint density at radius 1 is 0.526 bits per heavy atom. The molecule has 0 aliphatic heterocycles. The third-order valence-corrected chi connectivity index (χ3v) is 10.7. The minimum absolute atomic E-state index is 0.0668. The Hall–Kier alpha value is -2.50. The van der Waals surface area contributed by atoms with Crippen LogP contribution >= 0.6 is 46.4 Å². The molecular formula is C30H20Cl4N4. The number of benzene rings is 3. The zero-order valence-electron chi connectivity index (χ0n) is 20.5. The van der Waals surface area contributed by atoms with Crippen molar-refractivity contribution < 1.29 is 0 Å². The van der Waals surface area contributed by atoms with Gasteiger partial charge in [-0.1, -0.05) is 72.4 Å². The first-order chi connectivity index (χ1) is 18.1. The van der Waals surface area contributed by atoms with Crippen LogP contribution in [0.2, 0.25) is 20.1 Å². The van der Waals surface area contributed by atoms with E-state index in [0.717, 1.165) is 56.6 Å². The van der Waals surface area contributed by atoms with Gasteiger partial charge in [-0.05, 0) is 83.0 Å². The Bertz CT molecular complexity index is 1900. The highest BCUT2D eigenvalue weighted by molar-refractivity contribution is 6.43. The van der Waals surface area contributed by atoms with Crippen molar-refractivity contribution in [1.29, 1.82) is 0 Å². The standard InChI is InChI=1S/C30H20Cl4N4/c1-29-3-4-30(2,15-7-23-21(5-13(15)29)35-25-9-17(31)19(33)11-27(25)37-23)16-8-24-22(6-14(16)29)36-26-10-18(32)20(34)12-28(26)38-24/h5-13,15H,3-4H2,1-2H3. The Labute approximate surface area is 238 Å². The van der Waals surface area contributed by atoms with Crippen molar-refractivity contribution in [2.45, 2.75) is 37.5 Å². The summed E-state index contributed by atoms with van der Waals surface area (Å²) in [7, 11) is 0. The van der Waals surface area contributed by atoms with E-state index in [-0.39, 0.29) is 22.7 Å². The lowest BCUT2D eigenvalue weighted by Crippen LogP contribution is -2.58. The summed E-state index contributed by atoms with van der Waals surface area (Å²) in [6, 6.07) is 11.7. The summed E-state index contributed by atoms with van der Waals surface area (Å²) in [5.74, 6) is 0.574. The van der Waals surface area contributed by atoms with E-state index >= 15 is 0 Å². The topological polar surface area (TPSA) is 51.6 Å².